The van der Waals surface area contributed by atoms with Gasteiger partial charge in [0.2, 0.25) is 11.8 Å². The normalized spacial score (nSPS) is 21.3. The maximum Gasteiger partial charge on any atom is 0.226 e. The van der Waals surface area contributed by atoms with Crippen LogP contribution in [0.2, 0.25) is 0 Å². The van der Waals surface area contributed by atoms with Crippen LogP contribution in [0, 0.1) is 5.92 Å². The van der Waals surface area contributed by atoms with E-state index in [-0.39, 0.29) is 17.9 Å². The van der Waals surface area contributed by atoms with Crippen molar-refractivity contribution in [1.82, 2.24) is 10.2 Å². The summed E-state index contributed by atoms with van der Waals surface area (Å²) in [5.41, 5.74) is 2.01. The van der Waals surface area contributed by atoms with Crippen LogP contribution < -0.4 is 5.32 Å². The van der Waals surface area contributed by atoms with Crippen LogP contribution >= 0.6 is 0 Å². The van der Waals surface area contributed by atoms with Crippen molar-refractivity contribution in [2.45, 2.75) is 70.4 Å². The number of fused-ring (bicyclic) bond motifs is 1. The lowest BCUT2D eigenvalue weighted by atomic mass is 9.85. The number of amides is 2. The van der Waals surface area contributed by atoms with Gasteiger partial charge in [0.25, 0.3) is 0 Å². The second kappa shape index (κ2) is 9.87. The standard InChI is InChI=1S/C23H32N2O3/c1-17(23(28)19-10-3-2-4-11-19)24-21(26)14-7-15-22(27)25-16-8-12-18-9-5-6-13-20(18)25/h2-4,10-11,13,17-18,23,28H,5-9,12,14-16H2,1H3,(H,24,26)/t17-,18?,23-/m0/s1. The van der Waals surface area contributed by atoms with Gasteiger partial charge in [0.05, 0.1) is 12.1 Å². The third kappa shape index (κ3) is 5.22. The number of nitrogens with one attached hydrogen (secondary N) is 1. The first kappa shape index (κ1) is 20.6. The lowest BCUT2D eigenvalue weighted by Crippen LogP contribution is -2.39. The van der Waals surface area contributed by atoms with E-state index in [1.54, 1.807) is 6.92 Å². The molecule has 2 aliphatic rings. The summed E-state index contributed by atoms with van der Waals surface area (Å²) in [6, 6.07) is 8.94. The zero-order valence-corrected chi connectivity index (χ0v) is 16.8. The number of hydrogen-bond donors (Lipinski definition) is 2. The van der Waals surface area contributed by atoms with Crippen LogP contribution in [0.25, 0.3) is 0 Å². The number of aliphatic hydroxyl groups excluding tert-OH is 1. The molecule has 1 saturated heterocycles. The summed E-state index contributed by atoms with van der Waals surface area (Å²) in [5.74, 6) is 0.571. The molecule has 1 aliphatic carbocycles. The van der Waals surface area contributed by atoms with Crippen LogP contribution in [-0.2, 0) is 9.59 Å². The van der Waals surface area contributed by atoms with Crippen LogP contribution in [0.1, 0.15) is 70.0 Å². The van der Waals surface area contributed by atoms with Crippen molar-refractivity contribution in [2.75, 3.05) is 6.54 Å². The predicted octanol–water partition coefficient (Wildman–Crippen LogP) is 3.70. The van der Waals surface area contributed by atoms with E-state index < -0.39 is 6.10 Å². The summed E-state index contributed by atoms with van der Waals surface area (Å²) in [5, 5.41) is 13.2. The molecule has 3 atom stereocenters. The Kier molecular flexibility index (Phi) is 7.26. The maximum atomic E-state index is 12.7. The molecule has 0 radical (unpaired) electrons. The first-order valence-corrected chi connectivity index (χ1v) is 10.6. The summed E-state index contributed by atoms with van der Waals surface area (Å²) >= 11 is 0. The monoisotopic (exact) mass is 384 g/mol. The van der Waals surface area contributed by atoms with Crippen molar-refractivity contribution in [3.8, 4) is 0 Å². The molecule has 2 N–H and O–H groups in total. The molecule has 0 bridgehead atoms. The highest BCUT2D eigenvalue weighted by molar-refractivity contribution is 5.80. The molecular weight excluding hydrogens is 352 g/mol. The van der Waals surface area contributed by atoms with E-state index >= 15 is 0 Å². The quantitative estimate of drug-likeness (QED) is 0.753. The number of carbonyl (C=O) groups is 2. The van der Waals surface area contributed by atoms with E-state index in [4.69, 9.17) is 0 Å². The van der Waals surface area contributed by atoms with Gasteiger partial charge < -0.3 is 15.3 Å². The molecule has 1 unspecified atom stereocenters. The minimum atomic E-state index is -0.740. The Morgan fingerprint density at radius 1 is 1.18 bits per heavy atom. The third-order valence-corrected chi connectivity index (χ3v) is 5.87. The van der Waals surface area contributed by atoms with E-state index in [1.165, 1.54) is 25.0 Å². The minimum Gasteiger partial charge on any atom is -0.386 e. The fourth-order valence-electron chi connectivity index (χ4n) is 4.32. The van der Waals surface area contributed by atoms with Crippen molar-refractivity contribution < 1.29 is 14.7 Å². The van der Waals surface area contributed by atoms with E-state index in [2.05, 4.69) is 11.4 Å². The summed E-state index contributed by atoms with van der Waals surface area (Å²) in [6.45, 7) is 2.61. The second-order valence-corrected chi connectivity index (χ2v) is 8.01. The molecule has 152 valence electrons. The lowest BCUT2D eigenvalue weighted by Gasteiger charge is -2.38. The highest BCUT2D eigenvalue weighted by Gasteiger charge is 2.30. The average Bonchev–Trinajstić information content (AvgIpc) is 2.73. The average molecular weight is 385 g/mol. The van der Waals surface area contributed by atoms with Gasteiger partial charge in [-0.1, -0.05) is 36.4 Å². The zero-order valence-electron chi connectivity index (χ0n) is 16.8. The molecule has 2 amide bonds. The Labute approximate surface area is 167 Å². The Morgan fingerprint density at radius 3 is 2.71 bits per heavy atom. The Morgan fingerprint density at radius 2 is 1.93 bits per heavy atom. The van der Waals surface area contributed by atoms with Crippen LogP contribution in [0.5, 0.6) is 0 Å². The smallest absolute Gasteiger partial charge is 0.226 e. The molecule has 1 aliphatic heterocycles. The number of carbonyl (C=O) groups excluding carboxylic acids is 2. The topological polar surface area (TPSA) is 69.6 Å². The molecule has 5 heteroatoms. The van der Waals surface area contributed by atoms with Gasteiger partial charge in [0, 0.05) is 25.1 Å². The largest absolute Gasteiger partial charge is 0.386 e. The summed E-state index contributed by atoms with van der Waals surface area (Å²) < 4.78 is 0. The number of nitrogens with zero attached hydrogens (tertiary/aromatic N) is 1. The van der Waals surface area contributed by atoms with Gasteiger partial charge in [-0.2, -0.15) is 0 Å². The summed E-state index contributed by atoms with van der Waals surface area (Å²) in [7, 11) is 0. The molecule has 1 aromatic rings. The fourth-order valence-corrected chi connectivity index (χ4v) is 4.32. The first-order valence-electron chi connectivity index (χ1n) is 10.6. The van der Waals surface area contributed by atoms with Gasteiger partial charge in [0.1, 0.15) is 0 Å². The highest BCUT2D eigenvalue weighted by atomic mass is 16.3. The highest BCUT2D eigenvalue weighted by Crippen LogP contribution is 2.35. The van der Waals surface area contributed by atoms with Gasteiger partial charge in [-0.05, 0) is 56.9 Å². The molecule has 1 fully saturated rings. The van der Waals surface area contributed by atoms with Crippen molar-refractivity contribution in [3.63, 3.8) is 0 Å². The lowest BCUT2D eigenvalue weighted by molar-refractivity contribution is -0.130. The predicted molar refractivity (Wildman–Crippen MR) is 109 cm³/mol. The van der Waals surface area contributed by atoms with Gasteiger partial charge in [-0.25, -0.2) is 0 Å². The van der Waals surface area contributed by atoms with E-state index in [0.29, 0.717) is 25.2 Å². The fraction of sp³-hybridized carbons (Fsp3) is 0.565. The zero-order chi connectivity index (χ0) is 19.9. The van der Waals surface area contributed by atoms with Crippen LogP contribution in [0.3, 0.4) is 0 Å². The number of aliphatic hydroxyl groups is 1. The van der Waals surface area contributed by atoms with Gasteiger partial charge in [-0.15, -0.1) is 0 Å². The SMILES string of the molecule is C[C@H](NC(=O)CCCC(=O)N1CCCC2CCCC=C21)[C@H](O)c1ccccc1. The van der Waals surface area contributed by atoms with Crippen LogP contribution in [0.4, 0.5) is 0 Å². The molecule has 1 heterocycles. The number of benzene rings is 1. The molecule has 3 rings (SSSR count). The Balaban J connectivity index is 1.42. The molecule has 0 spiro atoms. The molecule has 1 aromatic carbocycles. The summed E-state index contributed by atoms with van der Waals surface area (Å²) in [4.78, 5) is 26.8. The number of rotatable bonds is 7. The van der Waals surface area contributed by atoms with Gasteiger partial charge in [0.15, 0.2) is 0 Å². The Bertz CT molecular complexity index is 701. The molecule has 28 heavy (non-hydrogen) atoms. The first-order chi connectivity index (χ1) is 13.6. The second-order valence-electron chi connectivity index (χ2n) is 8.01. The third-order valence-electron chi connectivity index (χ3n) is 5.87. The van der Waals surface area contributed by atoms with Crippen molar-refractivity contribution in [2.24, 2.45) is 5.92 Å². The number of hydrogen-bond acceptors (Lipinski definition) is 3. The van der Waals surface area contributed by atoms with Crippen molar-refractivity contribution in [3.05, 3.63) is 47.7 Å². The van der Waals surface area contributed by atoms with Crippen LogP contribution in [0.15, 0.2) is 42.1 Å². The number of piperidine rings is 1. The molecule has 0 aromatic heterocycles. The van der Waals surface area contributed by atoms with E-state index in [9.17, 15) is 14.7 Å². The molecule has 5 nitrogen and oxygen atoms in total. The van der Waals surface area contributed by atoms with Gasteiger partial charge in [-0.3, -0.25) is 9.59 Å². The minimum absolute atomic E-state index is 0.122. The van der Waals surface area contributed by atoms with Crippen molar-refractivity contribution in [1.29, 1.82) is 0 Å². The Hall–Kier alpha value is -2.14. The van der Waals surface area contributed by atoms with Crippen molar-refractivity contribution >= 4 is 11.8 Å². The summed E-state index contributed by atoms with van der Waals surface area (Å²) in [6.07, 6.45) is 8.49. The van der Waals surface area contributed by atoms with Crippen LogP contribution in [-0.4, -0.2) is 34.4 Å². The van der Waals surface area contributed by atoms with E-state index in [0.717, 1.165) is 24.9 Å². The number of allylic oxidation sites excluding steroid dienone is 2. The van der Waals surface area contributed by atoms with Gasteiger partial charge >= 0.3 is 0 Å². The molecular formula is C23H32N2O3. The number of likely N-dealkylation sites (tertiary alicyclic amines) is 1. The molecule has 0 saturated carbocycles. The van der Waals surface area contributed by atoms with E-state index in [1.807, 2.05) is 35.2 Å². The maximum absolute atomic E-state index is 12.7.